The van der Waals surface area contributed by atoms with Gasteiger partial charge in [-0.2, -0.15) is 0 Å². The third-order valence-corrected chi connectivity index (χ3v) is 3.67. The molecule has 1 aromatic carbocycles. The Morgan fingerprint density at radius 1 is 1.11 bits per heavy atom. The zero-order chi connectivity index (χ0) is 13.0. The second-order valence-electron chi connectivity index (χ2n) is 5.55. The van der Waals surface area contributed by atoms with Crippen LogP contribution in [0.25, 0.3) is 0 Å². The Morgan fingerprint density at radius 2 is 1.78 bits per heavy atom. The summed E-state index contributed by atoms with van der Waals surface area (Å²) in [5.74, 6) is 0.837. The molecule has 100 valence electrons. The number of fused-ring (bicyclic) bond motifs is 1. The van der Waals surface area contributed by atoms with Crippen LogP contribution in [0, 0.1) is 5.41 Å². The molecule has 1 aromatic rings. The number of ether oxygens (including phenoxy) is 1. The first-order valence-corrected chi connectivity index (χ1v) is 6.63. The zero-order valence-electron chi connectivity index (χ0n) is 11.0. The molecule has 0 fully saturated rings. The summed E-state index contributed by atoms with van der Waals surface area (Å²) >= 11 is 0. The molecule has 0 bridgehead atoms. The van der Waals surface area contributed by atoms with E-state index in [-0.39, 0.29) is 13.2 Å². The highest BCUT2D eigenvalue weighted by Crippen LogP contribution is 2.26. The summed E-state index contributed by atoms with van der Waals surface area (Å²) in [5, 5.41) is 18.4. The van der Waals surface area contributed by atoms with E-state index < -0.39 is 5.41 Å². The predicted octanol–water partition coefficient (Wildman–Crippen LogP) is 1.94. The van der Waals surface area contributed by atoms with Crippen molar-refractivity contribution < 1.29 is 14.9 Å². The number of aryl methyl sites for hydroxylation is 2. The van der Waals surface area contributed by atoms with Crippen molar-refractivity contribution in [1.82, 2.24) is 0 Å². The van der Waals surface area contributed by atoms with Crippen molar-refractivity contribution in [2.24, 2.45) is 5.41 Å². The fourth-order valence-corrected chi connectivity index (χ4v) is 2.20. The third kappa shape index (κ3) is 3.03. The van der Waals surface area contributed by atoms with E-state index in [1.165, 1.54) is 30.4 Å². The van der Waals surface area contributed by atoms with Gasteiger partial charge in [-0.1, -0.05) is 13.0 Å². The molecule has 0 amide bonds. The SMILES string of the molecule is CC(CO)(CO)COc1ccc2c(c1)CCCC2. The van der Waals surface area contributed by atoms with Crippen LogP contribution in [-0.4, -0.2) is 30.0 Å². The van der Waals surface area contributed by atoms with Crippen molar-refractivity contribution in [3.05, 3.63) is 29.3 Å². The number of aliphatic hydroxyl groups excluding tert-OH is 2. The second kappa shape index (κ2) is 5.72. The smallest absolute Gasteiger partial charge is 0.119 e. The molecule has 0 spiro atoms. The van der Waals surface area contributed by atoms with Crippen molar-refractivity contribution in [2.45, 2.75) is 32.6 Å². The molecule has 0 atom stereocenters. The molecule has 0 unspecified atom stereocenters. The monoisotopic (exact) mass is 250 g/mol. The largest absolute Gasteiger partial charge is 0.493 e. The zero-order valence-corrected chi connectivity index (χ0v) is 11.0. The van der Waals surface area contributed by atoms with Crippen molar-refractivity contribution in [3.8, 4) is 5.75 Å². The summed E-state index contributed by atoms with van der Waals surface area (Å²) in [6.07, 6.45) is 4.83. The van der Waals surface area contributed by atoms with Crippen LogP contribution in [0.15, 0.2) is 18.2 Å². The van der Waals surface area contributed by atoms with Gasteiger partial charge in [-0.15, -0.1) is 0 Å². The van der Waals surface area contributed by atoms with Crippen LogP contribution >= 0.6 is 0 Å². The van der Waals surface area contributed by atoms with Crippen molar-refractivity contribution in [1.29, 1.82) is 0 Å². The number of aliphatic hydroxyl groups is 2. The lowest BCUT2D eigenvalue weighted by Gasteiger charge is -2.25. The molecule has 2 N–H and O–H groups in total. The van der Waals surface area contributed by atoms with E-state index in [4.69, 9.17) is 4.74 Å². The second-order valence-corrected chi connectivity index (χ2v) is 5.55. The number of rotatable bonds is 5. The van der Waals surface area contributed by atoms with Gasteiger partial charge in [0.1, 0.15) is 5.75 Å². The van der Waals surface area contributed by atoms with Gasteiger partial charge >= 0.3 is 0 Å². The van der Waals surface area contributed by atoms with E-state index in [9.17, 15) is 10.2 Å². The number of hydrogen-bond donors (Lipinski definition) is 2. The molecule has 2 rings (SSSR count). The summed E-state index contributed by atoms with van der Waals surface area (Å²) in [6.45, 7) is 1.99. The normalized spacial score (nSPS) is 15.3. The average molecular weight is 250 g/mol. The molecule has 0 heterocycles. The van der Waals surface area contributed by atoms with Gasteiger partial charge in [-0.3, -0.25) is 0 Å². The molecular formula is C15H22O3. The molecule has 0 radical (unpaired) electrons. The van der Waals surface area contributed by atoms with Crippen LogP contribution in [0.3, 0.4) is 0 Å². The molecular weight excluding hydrogens is 228 g/mol. The van der Waals surface area contributed by atoms with Gasteiger partial charge in [-0.25, -0.2) is 0 Å². The minimum absolute atomic E-state index is 0.0750. The minimum Gasteiger partial charge on any atom is -0.493 e. The first-order valence-electron chi connectivity index (χ1n) is 6.63. The van der Waals surface area contributed by atoms with Crippen LogP contribution in [0.2, 0.25) is 0 Å². The lowest BCUT2D eigenvalue weighted by Crippen LogP contribution is -2.33. The van der Waals surface area contributed by atoms with E-state index in [1.807, 2.05) is 13.0 Å². The maximum atomic E-state index is 9.22. The standard InChI is InChI=1S/C15H22O3/c1-15(9-16,10-17)11-18-14-7-6-12-4-2-3-5-13(12)8-14/h6-8,16-17H,2-5,9-11H2,1H3. The van der Waals surface area contributed by atoms with Gasteiger partial charge in [-0.05, 0) is 48.9 Å². The highest BCUT2D eigenvalue weighted by molar-refractivity contribution is 5.37. The molecule has 1 aliphatic carbocycles. The van der Waals surface area contributed by atoms with Gasteiger partial charge < -0.3 is 14.9 Å². The van der Waals surface area contributed by atoms with Crippen LogP contribution in [0.1, 0.15) is 30.9 Å². The summed E-state index contributed by atoms with van der Waals surface area (Å²) in [5.41, 5.74) is 2.24. The highest BCUT2D eigenvalue weighted by Gasteiger charge is 2.23. The predicted molar refractivity (Wildman–Crippen MR) is 70.9 cm³/mol. The van der Waals surface area contributed by atoms with E-state index >= 15 is 0 Å². The van der Waals surface area contributed by atoms with Gasteiger partial charge in [0, 0.05) is 5.41 Å². The molecule has 0 saturated heterocycles. The van der Waals surface area contributed by atoms with Gasteiger partial charge in [0.25, 0.3) is 0 Å². The summed E-state index contributed by atoms with van der Waals surface area (Å²) < 4.78 is 5.70. The summed E-state index contributed by atoms with van der Waals surface area (Å²) in [6, 6.07) is 6.22. The van der Waals surface area contributed by atoms with Crippen LogP contribution in [-0.2, 0) is 12.8 Å². The number of benzene rings is 1. The van der Waals surface area contributed by atoms with Crippen LogP contribution in [0.5, 0.6) is 5.75 Å². The third-order valence-electron chi connectivity index (χ3n) is 3.67. The van der Waals surface area contributed by atoms with Crippen LogP contribution < -0.4 is 4.74 Å². The Balaban J connectivity index is 2.02. The lowest BCUT2D eigenvalue weighted by molar-refractivity contribution is 0.0287. The van der Waals surface area contributed by atoms with Crippen LogP contribution in [0.4, 0.5) is 0 Å². The van der Waals surface area contributed by atoms with E-state index in [1.54, 1.807) is 0 Å². The Morgan fingerprint density at radius 3 is 2.44 bits per heavy atom. The van der Waals surface area contributed by atoms with Gasteiger partial charge in [0.15, 0.2) is 0 Å². The topological polar surface area (TPSA) is 49.7 Å². The maximum Gasteiger partial charge on any atom is 0.119 e. The summed E-state index contributed by atoms with van der Waals surface area (Å²) in [7, 11) is 0. The van der Waals surface area contributed by atoms with Crippen molar-refractivity contribution in [2.75, 3.05) is 19.8 Å². The Labute approximate surface area is 108 Å². The number of hydrogen-bond acceptors (Lipinski definition) is 3. The molecule has 18 heavy (non-hydrogen) atoms. The van der Waals surface area contributed by atoms with Crippen molar-refractivity contribution >= 4 is 0 Å². The Bertz CT molecular complexity index is 397. The summed E-state index contributed by atoms with van der Waals surface area (Å²) in [4.78, 5) is 0. The molecule has 3 nitrogen and oxygen atoms in total. The Kier molecular flexibility index (Phi) is 4.25. The quantitative estimate of drug-likeness (QED) is 0.839. The molecule has 0 aromatic heterocycles. The molecule has 0 aliphatic heterocycles. The van der Waals surface area contributed by atoms with Gasteiger partial charge in [0.2, 0.25) is 0 Å². The van der Waals surface area contributed by atoms with E-state index in [2.05, 4.69) is 12.1 Å². The van der Waals surface area contributed by atoms with Gasteiger partial charge in [0.05, 0.1) is 19.8 Å². The first kappa shape index (κ1) is 13.4. The minimum atomic E-state index is -0.574. The lowest BCUT2D eigenvalue weighted by atomic mass is 9.91. The van der Waals surface area contributed by atoms with E-state index in [0.717, 1.165) is 12.2 Å². The van der Waals surface area contributed by atoms with E-state index in [0.29, 0.717) is 6.61 Å². The molecule has 3 heteroatoms. The first-order chi connectivity index (χ1) is 8.67. The fraction of sp³-hybridized carbons (Fsp3) is 0.600. The highest BCUT2D eigenvalue weighted by atomic mass is 16.5. The Hall–Kier alpha value is -1.06. The molecule has 1 aliphatic rings. The van der Waals surface area contributed by atoms with Crippen molar-refractivity contribution in [3.63, 3.8) is 0 Å². The average Bonchev–Trinajstić information content (AvgIpc) is 2.44. The molecule has 0 saturated carbocycles. The maximum absolute atomic E-state index is 9.22. The fourth-order valence-electron chi connectivity index (χ4n) is 2.20.